The van der Waals surface area contributed by atoms with Crippen LogP contribution in [0, 0.1) is 11.3 Å². The molecule has 2 aromatic carbocycles. The molecule has 0 amide bonds. The van der Waals surface area contributed by atoms with Crippen molar-refractivity contribution in [1.82, 2.24) is 4.98 Å². The van der Waals surface area contributed by atoms with Crippen molar-refractivity contribution in [2.24, 2.45) is 0 Å². The lowest BCUT2D eigenvalue weighted by molar-refractivity contribution is -0.274. The topological polar surface area (TPSA) is 121 Å². The van der Waals surface area contributed by atoms with Gasteiger partial charge in [-0.1, -0.05) is 24.3 Å². The van der Waals surface area contributed by atoms with Gasteiger partial charge in [-0.2, -0.15) is 5.26 Å². The third-order valence-corrected chi connectivity index (χ3v) is 4.30. The highest BCUT2D eigenvalue weighted by Gasteiger charge is 2.31. The second kappa shape index (κ2) is 8.31. The number of carbonyl (C=O) groups is 2. The van der Waals surface area contributed by atoms with Crippen LogP contribution in [0.2, 0.25) is 0 Å². The van der Waals surface area contributed by atoms with Gasteiger partial charge in [0, 0.05) is 11.8 Å². The number of halogens is 3. The summed E-state index contributed by atoms with van der Waals surface area (Å²) in [5.41, 5.74) is 0.246. The van der Waals surface area contributed by atoms with Gasteiger partial charge in [0.15, 0.2) is 11.5 Å². The maximum absolute atomic E-state index is 12.5. The van der Waals surface area contributed by atoms with E-state index in [2.05, 4.69) is 9.72 Å². The van der Waals surface area contributed by atoms with Crippen LogP contribution in [0.25, 0.3) is 22.0 Å². The van der Waals surface area contributed by atoms with Crippen molar-refractivity contribution in [3.8, 4) is 28.7 Å². The summed E-state index contributed by atoms with van der Waals surface area (Å²) in [7, 11) is 0. The number of ether oxygens (including phenoxy) is 1. The molecule has 10 heteroatoms. The van der Waals surface area contributed by atoms with Crippen LogP contribution in [-0.2, 0) is 4.79 Å². The highest BCUT2D eigenvalue weighted by Crippen LogP contribution is 2.33. The second-order valence-corrected chi connectivity index (χ2v) is 6.42. The average molecular weight is 430 g/mol. The van der Waals surface area contributed by atoms with Crippen molar-refractivity contribution in [3.05, 3.63) is 53.7 Å². The Kier molecular flexibility index (Phi) is 5.79. The van der Waals surface area contributed by atoms with Crippen molar-refractivity contribution in [2.75, 3.05) is 0 Å². The summed E-state index contributed by atoms with van der Waals surface area (Å²) in [6.07, 6.45) is -5.76. The number of aromatic nitrogens is 1. The lowest BCUT2D eigenvalue weighted by Crippen LogP contribution is -2.17. The Labute approximate surface area is 172 Å². The molecule has 158 valence electrons. The summed E-state index contributed by atoms with van der Waals surface area (Å²) in [4.78, 5) is 27.1. The van der Waals surface area contributed by atoms with E-state index in [1.54, 1.807) is 6.07 Å². The molecule has 0 aliphatic rings. The van der Waals surface area contributed by atoms with E-state index in [1.807, 2.05) is 0 Å². The van der Waals surface area contributed by atoms with Gasteiger partial charge in [0.05, 0.1) is 11.9 Å². The van der Waals surface area contributed by atoms with E-state index < -0.39 is 48.1 Å². The Morgan fingerprint density at radius 1 is 1.10 bits per heavy atom. The predicted octanol–water partition coefficient (Wildman–Crippen LogP) is 4.43. The van der Waals surface area contributed by atoms with E-state index in [4.69, 9.17) is 5.11 Å². The van der Waals surface area contributed by atoms with Crippen molar-refractivity contribution in [3.63, 3.8) is 0 Å². The maximum atomic E-state index is 12.5. The number of fused-ring (bicyclic) bond motifs is 1. The summed E-state index contributed by atoms with van der Waals surface area (Å²) >= 11 is 0. The summed E-state index contributed by atoms with van der Waals surface area (Å²) < 4.78 is 41.4. The van der Waals surface area contributed by atoms with Crippen LogP contribution in [0.4, 0.5) is 13.2 Å². The van der Waals surface area contributed by atoms with Crippen molar-refractivity contribution in [1.29, 1.82) is 5.26 Å². The molecule has 1 heterocycles. The van der Waals surface area contributed by atoms with Gasteiger partial charge >= 0.3 is 12.3 Å². The van der Waals surface area contributed by atoms with Gasteiger partial charge in [-0.15, -0.1) is 13.2 Å². The van der Waals surface area contributed by atoms with Gasteiger partial charge in [-0.3, -0.25) is 9.59 Å². The third-order valence-electron chi connectivity index (χ3n) is 4.30. The summed E-state index contributed by atoms with van der Waals surface area (Å²) in [5, 5.41) is 28.6. The third kappa shape index (κ3) is 4.90. The Balaban J connectivity index is 2.08. The molecule has 1 aromatic heterocycles. The number of nitriles is 1. The molecule has 0 unspecified atom stereocenters. The Bertz CT molecular complexity index is 1230. The lowest BCUT2D eigenvalue weighted by atomic mass is 9.99. The fourth-order valence-electron chi connectivity index (χ4n) is 2.95. The number of aliphatic carboxylic acids is 1. The number of rotatable bonds is 6. The van der Waals surface area contributed by atoms with Gasteiger partial charge in [0.2, 0.25) is 0 Å². The van der Waals surface area contributed by atoms with Crippen LogP contribution >= 0.6 is 0 Å². The number of carboxylic acid groups (broad SMARTS) is 1. The van der Waals surface area contributed by atoms with Gasteiger partial charge in [0.25, 0.3) is 0 Å². The lowest BCUT2D eigenvalue weighted by Gasteiger charge is -2.11. The molecule has 0 fully saturated rings. The van der Waals surface area contributed by atoms with Gasteiger partial charge in [-0.05, 0) is 29.3 Å². The minimum Gasteiger partial charge on any atom is -0.504 e. The van der Waals surface area contributed by atoms with Crippen molar-refractivity contribution >= 4 is 22.7 Å². The molecule has 0 saturated carbocycles. The SMILES string of the molecule is N#Cc1c(O)c(C(=O)CCC(=O)O)nc2cc(-c3cccc(OC(F)(F)F)c3)ccc12. The fraction of sp³-hybridized carbons (Fsp3) is 0.143. The Morgan fingerprint density at radius 2 is 1.81 bits per heavy atom. The van der Waals surface area contributed by atoms with E-state index in [9.17, 15) is 33.1 Å². The minimum atomic E-state index is -4.85. The summed E-state index contributed by atoms with van der Waals surface area (Å²) in [6, 6.07) is 11.4. The molecule has 0 aliphatic heterocycles. The number of ketones is 1. The molecular weight excluding hydrogens is 417 g/mol. The van der Waals surface area contributed by atoms with Crippen LogP contribution in [0.1, 0.15) is 28.9 Å². The van der Waals surface area contributed by atoms with E-state index in [1.165, 1.54) is 36.4 Å². The molecular formula is C21H13F3N2O5. The molecule has 2 N–H and O–H groups in total. The first kappa shape index (κ1) is 21.6. The van der Waals surface area contributed by atoms with Crippen LogP contribution < -0.4 is 4.74 Å². The van der Waals surface area contributed by atoms with Crippen LogP contribution in [-0.4, -0.2) is 33.3 Å². The number of hydrogen-bond donors (Lipinski definition) is 2. The molecule has 0 saturated heterocycles. The Hall–Kier alpha value is -4.13. The number of carbonyl (C=O) groups excluding carboxylic acids is 1. The van der Waals surface area contributed by atoms with E-state index >= 15 is 0 Å². The van der Waals surface area contributed by atoms with E-state index in [0.29, 0.717) is 11.1 Å². The number of nitrogens with zero attached hydrogens (tertiary/aromatic N) is 2. The summed E-state index contributed by atoms with van der Waals surface area (Å²) in [6.45, 7) is 0. The number of aromatic hydroxyl groups is 1. The molecule has 0 atom stereocenters. The maximum Gasteiger partial charge on any atom is 0.573 e. The first-order chi connectivity index (χ1) is 14.6. The highest BCUT2D eigenvalue weighted by molar-refractivity contribution is 6.02. The van der Waals surface area contributed by atoms with Gasteiger partial charge < -0.3 is 14.9 Å². The van der Waals surface area contributed by atoms with Gasteiger partial charge in [0.1, 0.15) is 23.1 Å². The highest BCUT2D eigenvalue weighted by atomic mass is 19.4. The van der Waals surface area contributed by atoms with Gasteiger partial charge in [-0.25, -0.2) is 4.98 Å². The first-order valence-electron chi connectivity index (χ1n) is 8.77. The van der Waals surface area contributed by atoms with Crippen LogP contribution in [0.3, 0.4) is 0 Å². The standard InChI is InChI=1S/C21H13F3N2O5/c22-21(23,24)31-13-3-1-2-11(8-13)12-4-5-14-15(10-25)20(30)19(26-16(14)9-12)17(27)6-7-18(28)29/h1-5,8-9,30H,6-7H2,(H,28,29). The monoisotopic (exact) mass is 430 g/mol. The molecule has 0 spiro atoms. The zero-order chi connectivity index (χ0) is 22.8. The number of alkyl halides is 3. The average Bonchev–Trinajstić information content (AvgIpc) is 2.70. The first-order valence-corrected chi connectivity index (χ1v) is 8.77. The number of carboxylic acids is 1. The minimum absolute atomic E-state index is 0.132. The molecule has 3 rings (SSSR count). The Morgan fingerprint density at radius 3 is 2.45 bits per heavy atom. The molecule has 31 heavy (non-hydrogen) atoms. The number of pyridine rings is 1. The largest absolute Gasteiger partial charge is 0.573 e. The number of hydrogen-bond acceptors (Lipinski definition) is 6. The normalized spacial score (nSPS) is 11.2. The zero-order valence-electron chi connectivity index (χ0n) is 15.6. The summed E-state index contributed by atoms with van der Waals surface area (Å²) in [5.74, 6) is -3.05. The number of benzene rings is 2. The smallest absolute Gasteiger partial charge is 0.504 e. The van der Waals surface area contributed by atoms with E-state index in [-0.39, 0.29) is 16.5 Å². The van der Waals surface area contributed by atoms with Crippen LogP contribution in [0.15, 0.2) is 42.5 Å². The van der Waals surface area contributed by atoms with E-state index in [0.717, 1.165) is 6.07 Å². The predicted molar refractivity (Wildman–Crippen MR) is 101 cm³/mol. The molecule has 7 nitrogen and oxygen atoms in total. The molecule has 0 radical (unpaired) electrons. The molecule has 0 bridgehead atoms. The molecule has 3 aromatic rings. The van der Waals surface area contributed by atoms with Crippen molar-refractivity contribution in [2.45, 2.75) is 19.2 Å². The van der Waals surface area contributed by atoms with Crippen molar-refractivity contribution < 1.29 is 37.7 Å². The fourth-order valence-corrected chi connectivity index (χ4v) is 2.95. The molecule has 0 aliphatic carbocycles. The number of Topliss-reactive ketones (excluding diaryl/α,β-unsaturated/α-hetero) is 1. The quantitative estimate of drug-likeness (QED) is 0.555. The zero-order valence-corrected chi connectivity index (χ0v) is 15.6. The van der Waals surface area contributed by atoms with Crippen LogP contribution in [0.5, 0.6) is 11.5 Å². The second-order valence-electron chi connectivity index (χ2n) is 6.42.